The normalized spacial score (nSPS) is 16.2. The Morgan fingerprint density at radius 2 is 1.64 bits per heavy atom. The molecule has 6 heteroatoms. The SMILES string of the molecule is COc1ccc(C2=C(C(=O)N3CCOCC3)C(=O)c3ccccc32)cc1OC. The summed E-state index contributed by atoms with van der Waals surface area (Å²) >= 11 is 0. The zero-order chi connectivity index (χ0) is 19.7. The van der Waals surface area contributed by atoms with Gasteiger partial charge in [0.05, 0.1) is 33.0 Å². The van der Waals surface area contributed by atoms with E-state index in [2.05, 4.69) is 0 Å². The number of hydrogen-bond acceptors (Lipinski definition) is 5. The van der Waals surface area contributed by atoms with Crippen molar-refractivity contribution in [3.63, 3.8) is 0 Å². The number of ketones is 1. The largest absolute Gasteiger partial charge is 0.493 e. The molecular weight excluding hydrogens is 358 g/mol. The van der Waals surface area contributed by atoms with E-state index in [0.717, 1.165) is 11.1 Å². The number of Topliss-reactive ketones (excluding diaryl/α,β-unsaturated/α-hetero) is 1. The molecule has 0 aromatic heterocycles. The predicted octanol–water partition coefficient (Wildman–Crippen LogP) is 2.56. The first kappa shape index (κ1) is 18.3. The average Bonchev–Trinajstić information content (AvgIpc) is 3.06. The lowest BCUT2D eigenvalue weighted by molar-refractivity contribution is -0.130. The second-order valence-electron chi connectivity index (χ2n) is 6.60. The molecule has 1 heterocycles. The quantitative estimate of drug-likeness (QED) is 0.764. The Bertz CT molecular complexity index is 973. The van der Waals surface area contributed by atoms with Crippen LogP contribution >= 0.6 is 0 Å². The number of rotatable bonds is 4. The molecular formula is C22H21NO5. The highest BCUT2D eigenvalue weighted by atomic mass is 16.5. The summed E-state index contributed by atoms with van der Waals surface area (Å²) in [7, 11) is 3.13. The van der Waals surface area contributed by atoms with Crippen molar-refractivity contribution in [2.75, 3.05) is 40.5 Å². The first-order chi connectivity index (χ1) is 13.7. The van der Waals surface area contributed by atoms with Crippen molar-refractivity contribution in [2.45, 2.75) is 0 Å². The lowest BCUT2D eigenvalue weighted by Crippen LogP contribution is -2.42. The summed E-state index contributed by atoms with van der Waals surface area (Å²) in [6, 6.07) is 12.7. The van der Waals surface area contributed by atoms with Gasteiger partial charge in [-0.25, -0.2) is 0 Å². The zero-order valence-electron chi connectivity index (χ0n) is 15.9. The van der Waals surface area contributed by atoms with Crippen LogP contribution in [0.2, 0.25) is 0 Å². The second-order valence-corrected chi connectivity index (χ2v) is 6.60. The predicted molar refractivity (Wildman–Crippen MR) is 104 cm³/mol. The maximum atomic E-state index is 13.3. The van der Waals surface area contributed by atoms with E-state index in [1.165, 1.54) is 0 Å². The lowest BCUT2D eigenvalue weighted by atomic mass is 9.96. The van der Waals surface area contributed by atoms with Gasteiger partial charge in [-0.3, -0.25) is 9.59 Å². The number of nitrogens with zero attached hydrogens (tertiary/aromatic N) is 1. The fourth-order valence-electron chi connectivity index (χ4n) is 3.70. The van der Waals surface area contributed by atoms with Crippen molar-refractivity contribution >= 4 is 17.3 Å². The van der Waals surface area contributed by atoms with Crippen molar-refractivity contribution in [3.8, 4) is 11.5 Å². The van der Waals surface area contributed by atoms with Crippen LogP contribution in [0, 0.1) is 0 Å². The molecule has 4 rings (SSSR count). The first-order valence-electron chi connectivity index (χ1n) is 9.13. The molecule has 1 aliphatic heterocycles. The Morgan fingerprint density at radius 3 is 2.32 bits per heavy atom. The van der Waals surface area contributed by atoms with E-state index in [4.69, 9.17) is 14.2 Å². The van der Waals surface area contributed by atoms with Gasteiger partial charge in [-0.15, -0.1) is 0 Å². The zero-order valence-corrected chi connectivity index (χ0v) is 15.9. The van der Waals surface area contributed by atoms with E-state index >= 15 is 0 Å². The van der Waals surface area contributed by atoms with Gasteiger partial charge >= 0.3 is 0 Å². The summed E-state index contributed by atoms with van der Waals surface area (Å²) < 4.78 is 16.1. The van der Waals surface area contributed by atoms with Crippen LogP contribution < -0.4 is 9.47 Å². The van der Waals surface area contributed by atoms with Crippen LogP contribution in [0.4, 0.5) is 0 Å². The van der Waals surface area contributed by atoms with E-state index in [-0.39, 0.29) is 17.3 Å². The van der Waals surface area contributed by atoms with E-state index < -0.39 is 0 Å². The summed E-state index contributed by atoms with van der Waals surface area (Å²) in [5.74, 6) is 0.638. The number of fused-ring (bicyclic) bond motifs is 1. The Morgan fingerprint density at radius 1 is 0.964 bits per heavy atom. The molecule has 0 unspecified atom stereocenters. The molecule has 1 aliphatic carbocycles. The highest BCUT2D eigenvalue weighted by Gasteiger charge is 2.37. The fourth-order valence-corrected chi connectivity index (χ4v) is 3.70. The summed E-state index contributed by atoms with van der Waals surface area (Å²) in [6.07, 6.45) is 0. The van der Waals surface area contributed by atoms with Crippen molar-refractivity contribution in [1.29, 1.82) is 0 Å². The first-order valence-corrected chi connectivity index (χ1v) is 9.13. The molecule has 0 atom stereocenters. The van der Waals surface area contributed by atoms with Crippen LogP contribution in [0.25, 0.3) is 5.57 Å². The van der Waals surface area contributed by atoms with E-state index in [9.17, 15) is 9.59 Å². The highest BCUT2D eigenvalue weighted by Crippen LogP contribution is 2.41. The van der Waals surface area contributed by atoms with Gasteiger partial charge in [0.15, 0.2) is 17.3 Å². The maximum Gasteiger partial charge on any atom is 0.258 e. The molecule has 28 heavy (non-hydrogen) atoms. The van der Waals surface area contributed by atoms with Gasteiger partial charge in [-0.1, -0.05) is 30.3 Å². The molecule has 144 valence electrons. The smallest absolute Gasteiger partial charge is 0.258 e. The van der Waals surface area contributed by atoms with E-state index in [1.807, 2.05) is 24.3 Å². The van der Waals surface area contributed by atoms with Crippen LogP contribution in [-0.2, 0) is 9.53 Å². The molecule has 2 aliphatic rings. The number of amides is 1. The summed E-state index contributed by atoms with van der Waals surface area (Å²) in [6.45, 7) is 1.91. The number of morpholine rings is 1. The Balaban J connectivity index is 1.88. The third-order valence-corrected chi connectivity index (χ3v) is 5.10. The van der Waals surface area contributed by atoms with Crippen molar-refractivity contribution in [2.24, 2.45) is 0 Å². The molecule has 0 bridgehead atoms. The minimum Gasteiger partial charge on any atom is -0.493 e. The van der Waals surface area contributed by atoms with Gasteiger partial charge < -0.3 is 19.1 Å². The maximum absolute atomic E-state index is 13.3. The lowest BCUT2D eigenvalue weighted by Gasteiger charge is -2.27. The summed E-state index contributed by atoms with van der Waals surface area (Å²) in [4.78, 5) is 28.1. The second kappa shape index (κ2) is 7.48. The molecule has 1 amide bonds. The van der Waals surface area contributed by atoms with Gasteiger partial charge in [0, 0.05) is 24.2 Å². The van der Waals surface area contributed by atoms with Gasteiger partial charge in [0.2, 0.25) is 0 Å². The number of carbonyl (C=O) groups excluding carboxylic acids is 2. The Labute approximate surface area is 163 Å². The number of carbonyl (C=O) groups is 2. The number of hydrogen-bond donors (Lipinski definition) is 0. The number of ether oxygens (including phenoxy) is 3. The molecule has 0 saturated carbocycles. The molecule has 1 saturated heterocycles. The van der Waals surface area contributed by atoms with E-state index in [1.54, 1.807) is 37.3 Å². The molecule has 0 spiro atoms. The monoisotopic (exact) mass is 379 g/mol. The van der Waals surface area contributed by atoms with Crippen LogP contribution in [0.15, 0.2) is 48.0 Å². The van der Waals surface area contributed by atoms with Gasteiger partial charge in [-0.2, -0.15) is 0 Å². The van der Waals surface area contributed by atoms with Crippen molar-refractivity contribution in [3.05, 3.63) is 64.7 Å². The number of benzene rings is 2. The third-order valence-electron chi connectivity index (χ3n) is 5.10. The summed E-state index contributed by atoms with van der Waals surface area (Å²) in [5.41, 5.74) is 2.89. The van der Waals surface area contributed by atoms with Gasteiger partial charge in [0.25, 0.3) is 5.91 Å². The van der Waals surface area contributed by atoms with Crippen LogP contribution in [0.1, 0.15) is 21.5 Å². The highest BCUT2D eigenvalue weighted by molar-refractivity contribution is 6.36. The average molecular weight is 379 g/mol. The molecule has 6 nitrogen and oxygen atoms in total. The molecule has 2 aromatic carbocycles. The van der Waals surface area contributed by atoms with Crippen LogP contribution in [0.3, 0.4) is 0 Å². The summed E-state index contributed by atoms with van der Waals surface area (Å²) in [5, 5.41) is 0. The molecule has 2 aromatic rings. The molecule has 1 fully saturated rings. The molecule has 0 N–H and O–H groups in total. The standard InChI is InChI=1S/C22H21NO5/c1-26-17-8-7-14(13-18(17)27-2)19-15-5-3-4-6-16(15)21(24)20(19)22(25)23-9-11-28-12-10-23/h3-8,13H,9-12H2,1-2H3. The minimum atomic E-state index is -0.255. The van der Waals surface area contributed by atoms with Crippen LogP contribution in [-0.4, -0.2) is 57.1 Å². The minimum absolute atomic E-state index is 0.204. The van der Waals surface area contributed by atoms with E-state index in [0.29, 0.717) is 48.9 Å². The topological polar surface area (TPSA) is 65.1 Å². The third kappa shape index (κ3) is 2.96. The Hall–Kier alpha value is -3.12. The molecule has 0 radical (unpaired) electrons. The fraction of sp³-hybridized carbons (Fsp3) is 0.273. The number of methoxy groups -OCH3 is 2. The van der Waals surface area contributed by atoms with Crippen LogP contribution in [0.5, 0.6) is 11.5 Å². The van der Waals surface area contributed by atoms with Gasteiger partial charge in [-0.05, 0) is 23.3 Å². The van der Waals surface area contributed by atoms with Gasteiger partial charge in [0.1, 0.15) is 0 Å². The van der Waals surface area contributed by atoms with Crippen molar-refractivity contribution in [1.82, 2.24) is 4.90 Å². The Kier molecular flexibility index (Phi) is 4.88. The van der Waals surface area contributed by atoms with Crippen molar-refractivity contribution < 1.29 is 23.8 Å².